The summed E-state index contributed by atoms with van der Waals surface area (Å²) in [6, 6.07) is 8.92. The summed E-state index contributed by atoms with van der Waals surface area (Å²) in [5.74, 6) is -1.12. The van der Waals surface area contributed by atoms with Crippen LogP contribution < -0.4 is 10.6 Å². The van der Waals surface area contributed by atoms with E-state index in [0.29, 0.717) is 26.1 Å². The van der Waals surface area contributed by atoms with E-state index in [2.05, 4.69) is 23.3 Å². The highest BCUT2D eigenvalue weighted by Crippen LogP contribution is 2.23. The lowest BCUT2D eigenvalue weighted by Crippen LogP contribution is -2.59. The van der Waals surface area contributed by atoms with Crippen molar-refractivity contribution in [3.8, 4) is 0 Å². The smallest absolute Gasteiger partial charge is 0.328 e. The number of hydrogen-bond donors (Lipinski definition) is 3. The van der Waals surface area contributed by atoms with Gasteiger partial charge in [0.05, 0.1) is 11.9 Å². The SMILES string of the molecule is CCOC(=O)[C@H](CCc1ccccc1)NC(=O)C(C)(C)NC(=O)[C@@H](S)C1CCOCC1. The molecule has 1 aliphatic rings. The van der Waals surface area contributed by atoms with Crippen molar-refractivity contribution in [2.75, 3.05) is 19.8 Å². The third-order valence-electron chi connectivity index (χ3n) is 5.43. The van der Waals surface area contributed by atoms with Crippen molar-refractivity contribution in [3.63, 3.8) is 0 Å². The van der Waals surface area contributed by atoms with Crippen LogP contribution >= 0.6 is 12.6 Å². The molecule has 31 heavy (non-hydrogen) atoms. The van der Waals surface area contributed by atoms with Gasteiger partial charge in [0.2, 0.25) is 11.8 Å². The normalized spacial score (nSPS) is 16.8. The van der Waals surface area contributed by atoms with E-state index < -0.39 is 28.7 Å². The molecule has 2 rings (SSSR count). The highest BCUT2D eigenvalue weighted by atomic mass is 32.1. The number of thiol groups is 1. The second-order valence-corrected chi connectivity index (χ2v) is 8.87. The number of esters is 1. The van der Waals surface area contributed by atoms with Gasteiger partial charge in [-0.2, -0.15) is 12.6 Å². The quantitative estimate of drug-likeness (QED) is 0.376. The summed E-state index contributed by atoms with van der Waals surface area (Å²) in [6.45, 7) is 6.40. The average molecular weight is 451 g/mol. The Morgan fingerprint density at radius 1 is 1.19 bits per heavy atom. The monoisotopic (exact) mass is 450 g/mol. The molecule has 0 bridgehead atoms. The number of nitrogens with one attached hydrogen (secondary N) is 2. The number of carbonyl (C=O) groups excluding carboxylic acids is 3. The summed E-state index contributed by atoms with van der Waals surface area (Å²) in [4.78, 5) is 38.1. The molecule has 1 aliphatic heterocycles. The van der Waals surface area contributed by atoms with E-state index in [1.54, 1.807) is 20.8 Å². The van der Waals surface area contributed by atoms with Crippen LogP contribution in [-0.4, -0.2) is 54.4 Å². The Balaban J connectivity index is 1.98. The van der Waals surface area contributed by atoms with Crippen LogP contribution in [0.4, 0.5) is 0 Å². The Morgan fingerprint density at radius 3 is 2.45 bits per heavy atom. The molecule has 1 saturated heterocycles. The van der Waals surface area contributed by atoms with Gasteiger partial charge in [0.25, 0.3) is 0 Å². The molecule has 2 N–H and O–H groups in total. The molecular formula is C23H34N2O5S. The van der Waals surface area contributed by atoms with Crippen LogP contribution in [0.2, 0.25) is 0 Å². The molecule has 7 nitrogen and oxygen atoms in total. The van der Waals surface area contributed by atoms with Gasteiger partial charge in [-0.05, 0) is 57.9 Å². The Hall–Kier alpha value is -2.06. The van der Waals surface area contributed by atoms with Crippen molar-refractivity contribution in [2.24, 2.45) is 5.92 Å². The van der Waals surface area contributed by atoms with Gasteiger partial charge in [-0.3, -0.25) is 9.59 Å². The van der Waals surface area contributed by atoms with Crippen LogP contribution in [0.15, 0.2) is 30.3 Å². The van der Waals surface area contributed by atoms with Gasteiger partial charge in [-0.25, -0.2) is 4.79 Å². The molecule has 1 aromatic carbocycles. The van der Waals surface area contributed by atoms with Crippen molar-refractivity contribution in [1.29, 1.82) is 0 Å². The first-order valence-corrected chi connectivity index (χ1v) is 11.4. The lowest BCUT2D eigenvalue weighted by molar-refractivity contribution is -0.148. The molecule has 1 aromatic rings. The first kappa shape index (κ1) is 25.2. The summed E-state index contributed by atoms with van der Waals surface area (Å²) >= 11 is 4.48. The van der Waals surface area contributed by atoms with E-state index >= 15 is 0 Å². The third kappa shape index (κ3) is 7.85. The molecule has 0 saturated carbocycles. The molecular weight excluding hydrogens is 416 g/mol. The summed E-state index contributed by atoms with van der Waals surface area (Å²) in [6.07, 6.45) is 2.53. The van der Waals surface area contributed by atoms with E-state index in [4.69, 9.17) is 9.47 Å². The minimum Gasteiger partial charge on any atom is -0.464 e. The lowest BCUT2D eigenvalue weighted by atomic mass is 9.94. The van der Waals surface area contributed by atoms with Crippen LogP contribution in [0, 0.1) is 5.92 Å². The van der Waals surface area contributed by atoms with Gasteiger partial charge in [0, 0.05) is 13.2 Å². The molecule has 0 radical (unpaired) electrons. The molecule has 1 heterocycles. The number of rotatable bonds is 10. The van der Waals surface area contributed by atoms with E-state index in [9.17, 15) is 14.4 Å². The van der Waals surface area contributed by atoms with Crippen molar-refractivity contribution in [2.45, 2.75) is 63.3 Å². The molecule has 0 aliphatic carbocycles. The van der Waals surface area contributed by atoms with Crippen molar-refractivity contribution < 1.29 is 23.9 Å². The average Bonchev–Trinajstić information content (AvgIpc) is 2.77. The maximum absolute atomic E-state index is 13.0. The van der Waals surface area contributed by atoms with E-state index in [-0.39, 0.29) is 18.4 Å². The highest BCUT2D eigenvalue weighted by molar-refractivity contribution is 7.81. The maximum atomic E-state index is 13.0. The van der Waals surface area contributed by atoms with Crippen molar-refractivity contribution in [3.05, 3.63) is 35.9 Å². The zero-order valence-electron chi connectivity index (χ0n) is 18.6. The Kier molecular flexibility index (Phi) is 9.84. The van der Waals surface area contributed by atoms with Gasteiger partial charge in [0.1, 0.15) is 11.6 Å². The molecule has 172 valence electrons. The highest BCUT2D eigenvalue weighted by Gasteiger charge is 2.36. The minimum absolute atomic E-state index is 0.106. The summed E-state index contributed by atoms with van der Waals surface area (Å²) in [7, 11) is 0. The van der Waals surface area contributed by atoms with Gasteiger partial charge < -0.3 is 20.1 Å². The molecule has 8 heteroatoms. The first-order chi connectivity index (χ1) is 14.7. The molecule has 1 fully saturated rings. The second kappa shape index (κ2) is 12.1. The van der Waals surface area contributed by atoms with Gasteiger partial charge in [-0.1, -0.05) is 30.3 Å². The van der Waals surface area contributed by atoms with Gasteiger partial charge in [-0.15, -0.1) is 0 Å². The van der Waals surface area contributed by atoms with Crippen LogP contribution in [0.5, 0.6) is 0 Å². The zero-order valence-corrected chi connectivity index (χ0v) is 19.5. The Morgan fingerprint density at radius 2 is 1.84 bits per heavy atom. The van der Waals surface area contributed by atoms with E-state index in [0.717, 1.165) is 18.4 Å². The summed E-state index contributed by atoms with van der Waals surface area (Å²) in [5, 5.41) is 5.03. The van der Waals surface area contributed by atoms with Crippen LogP contribution in [0.1, 0.15) is 45.6 Å². The van der Waals surface area contributed by atoms with Crippen LogP contribution in [-0.2, 0) is 30.3 Å². The Bertz CT molecular complexity index is 735. The first-order valence-electron chi connectivity index (χ1n) is 10.8. The predicted molar refractivity (Wildman–Crippen MR) is 122 cm³/mol. The number of benzene rings is 1. The largest absolute Gasteiger partial charge is 0.464 e. The van der Waals surface area contributed by atoms with E-state index in [1.165, 1.54) is 0 Å². The van der Waals surface area contributed by atoms with Crippen LogP contribution in [0.25, 0.3) is 0 Å². The van der Waals surface area contributed by atoms with E-state index in [1.807, 2.05) is 30.3 Å². The zero-order chi connectivity index (χ0) is 22.9. The fourth-order valence-electron chi connectivity index (χ4n) is 3.47. The summed E-state index contributed by atoms with van der Waals surface area (Å²) in [5.41, 5.74) is -0.145. The second-order valence-electron chi connectivity index (χ2n) is 8.31. The number of ether oxygens (including phenoxy) is 2. The van der Waals surface area contributed by atoms with Crippen LogP contribution in [0.3, 0.4) is 0 Å². The number of aryl methyl sites for hydroxylation is 1. The fourth-order valence-corrected chi connectivity index (χ4v) is 3.83. The van der Waals surface area contributed by atoms with Gasteiger partial charge in [0.15, 0.2) is 0 Å². The fraction of sp³-hybridized carbons (Fsp3) is 0.609. The molecule has 2 atom stereocenters. The minimum atomic E-state index is -1.21. The summed E-state index contributed by atoms with van der Waals surface area (Å²) < 4.78 is 10.5. The topological polar surface area (TPSA) is 93.7 Å². The lowest BCUT2D eigenvalue weighted by Gasteiger charge is -2.31. The van der Waals surface area contributed by atoms with Gasteiger partial charge >= 0.3 is 5.97 Å². The standard InChI is InChI=1S/C23H34N2O5S/c1-4-30-21(27)18(11-10-16-8-6-5-7-9-16)24-22(28)23(2,3)25-20(26)19(31)17-12-14-29-15-13-17/h5-9,17-19,31H,4,10-15H2,1-3H3,(H,24,28)(H,25,26)/t18-,19-/m0/s1. The number of amides is 2. The van der Waals surface area contributed by atoms with Crippen molar-refractivity contribution >= 4 is 30.4 Å². The molecule has 0 unspecified atom stereocenters. The predicted octanol–water partition coefficient (Wildman–Crippen LogP) is 2.29. The molecule has 0 aromatic heterocycles. The third-order valence-corrected chi connectivity index (χ3v) is 6.08. The maximum Gasteiger partial charge on any atom is 0.328 e. The number of carbonyl (C=O) groups is 3. The molecule has 0 spiro atoms. The number of hydrogen-bond acceptors (Lipinski definition) is 6. The van der Waals surface area contributed by atoms with Crippen molar-refractivity contribution in [1.82, 2.24) is 10.6 Å². The molecule has 2 amide bonds. The Labute approximate surface area is 190 Å².